The number of benzene rings is 1. The van der Waals surface area contributed by atoms with E-state index in [1.54, 1.807) is 25.9 Å². The Labute approximate surface area is 117 Å². The van der Waals surface area contributed by atoms with Gasteiger partial charge < -0.3 is 14.7 Å². The first-order valence-electron chi connectivity index (χ1n) is 6.32. The van der Waals surface area contributed by atoms with E-state index in [2.05, 4.69) is 15.5 Å². The minimum atomic E-state index is -0.0412. The van der Waals surface area contributed by atoms with Crippen molar-refractivity contribution in [1.29, 1.82) is 0 Å². The number of rotatable bonds is 4. The summed E-state index contributed by atoms with van der Waals surface area (Å²) in [6.45, 7) is 4.11. The Morgan fingerprint density at radius 1 is 1.35 bits per heavy atom. The van der Waals surface area contributed by atoms with Crippen molar-refractivity contribution in [2.24, 2.45) is 0 Å². The van der Waals surface area contributed by atoms with Gasteiger partial charge in [-0.25, -0.2) is 0 Å². The third-order valence-electron chi connectivity index (χ3n) is 2.82. The maximum Gasteiger partial charge on any atom is 0.255 e. The predicted molar refractivity (Wildman–Crippen MR) is 75.6 cm³/mol. The summed E-state index contributed by atoms with van der Waals surface area (Å²) in [5, 5.41) is 6.99. The molecular weight excluding hydrogens is 256 g/mol. The summed E-state index contributed by atoms with van der Waals surface area (Å²) in [5.74, 6) is 1.04. The second-order valence-electron chi connectivity index (χ2n) is 4.83. The maximum absolute atomic E-state index is 12.2. The van der Waals surface area contributed by atoms with Gasteiger partial charge in [0.05, 0.1) is 12.1 Å². The van der Waals surface area contributed by atoms with Crippen LogP contribution in [-0.2, 0) is 6.54 Å². The van der Waals surface area contributed by atoms with Gasteiger partial charge in [-0.15, -0.1) is 0 Å². The Morgan fingerprint density at radius 2 is 2.10 bits per heavy atom. The van der Waals surface area contributed by atoms with E-state index in [9.17, 15) is 4.79 Å². The van der Waals surface area contributed by atoms with Crippen LogP contribution in [-0.4, -0.2) is 35.0 Å². The molecule has 1 amide bonds. The Balaban J connectivity index is 2.20. The highest BCUT2D eigenvalue weighted by molar-refractivity contribution is 5.99. The molecule has 0 spiro atoms. The highest BCUT2D eigenvalue weighted by Crippen LogP contribution is 2.19. The van der Waals surface area contributed by atoms with Crippen LogP contribution in [0.25, 0.3) is 0 Å². The van der Waals surface area contributed by atoms with Gasteiger partial charge in [0.1, 0.15) is 0 Å². The average Bonchev–Trinajstić information content (AvgIpc) is 2.82. The molecule has 6 heteroatoms. The summed E-state index contributed by atoms with van der Waals surface area (Å²) in [6, 6.07) is 5.71. The van der Waals surface area contributed by atoms with Crippen LogP contribution in [0.1, 0.15) is 27.6 Å². The van der Waals surface area contributed by atoms with E-state index in [0.717, 1.165) is 11.3 Å². The number of nitrogens with one attached hydrogen (secondary N) is 1. The number of hydrogen-bond acceptors (Lipinski definition) is 5. The zero-order valence-corrected chi connectivity index (χ0v) is 12.1. The molecule has 6 nitrogen and oxygen atoms in total. The molecule has 0 aliphatic rings. The number of carbonyl (C=O) groups is 1. The van der Waals surface area contributed by atoms with Gasteiger partial charge in [0.15, 0.2) is 5.82 Å². The molecular formula is C14H18N4O2. The van der Waals surface area contributed by atoms with E-state index >= 15 is 0 Å². The normalized spacial score (nSPS) is 10.4. The van der Waals surface area contributed by atoms with Crippen molar-refractivity contribution in [3.8, 4) is 0 Å². The third-order valence-corrected chi connectivity index (χ3v) is 2.82. The van der Waals surface area contributed by atoms with Crippen molar-refractivity contribution in [2.45, 2.75) is 20.4 Å². The molecule has 2 aromatic rings. The quantitative estimate of drug-likeness (QED) is 0.923. The van der Waals surface area contributed by atoms with Gasteiger partial charge in [-0.3, -0.25) is 4.79 Å². The number of amides is 1. The lowest BCUT2D eigenvalue weighted by atomic mass is 10.1. The topological polar surface area (TPSA) is 71.3 Å². The fourth-order valence-corrected chi connectivity index (χ4v) is 1.82. The Bertz CT molecular complexity index is 619. The van der Waals surface area contributed by atoms with Gasteiger partial charge in [0, 0.05) is 26.7 Å². The molecule has 106 valence electrons. The molecule has 1 heterocycles. The van der Waals surface area contributed by atoms with E-state index < -0.39 is 0 Å². The maximum atomic E-state index is 12.2. The molecule has 0 aliphatic carbocycles. The van der Waals surface area contributed by atoms with Gasteiger partial charge in [-0.1, -0.05) is 16.8 Å². The molecule has 0 saturated carbocycles. The second kappa shape index (κ2) is 5.73. The first kappa shape index (κ1) is 14.0. The van der Waals surface area contributed by atoms with Crippen LogP contribution in [0, 0.1) is 13.8 Å². The minimum Gasteiger partial charge on any atom is -0.377 e. The number of hydrogen-bond donors (Lipinski definition) is 1. The van der Waals surface area contributed by atoms with E-state index in [1.807, 2.05) is 25.1 Å². The molecule has 1 aromatic carbocycles. The van der Waals surface area contributed by atoms with Crippen LogP contribution in [0.3, 0.4) is 0 Å². The van der Waals surface area contributed by atoms with Gasteiger partial charge in [0.2, 0.25) is 5.89 Å². The summed E-state index contributed by atoms with van der Waals surface area (Å²) in [6.07, 6.45) is 0. The first-order chi connectivity index (χ1) is 9.47. The number of aromatic nitrogens is 2. The van der Waals surface area contributed by atoms with E-state index in [4.69, 9.17) is 4.52 Å². The molecule has 1 N–H and O–H groups in total. The van der Waals surface area contributed by atoms with Crippen molar-refractivity contribution in [2.75, 3.05) is 19.4 Å². The van der Waals surface area contributed by atoms with Crippen molar-refractivity contribution < 1.29 is 9.32 Å². The van der Waals surface area contributed by atoms with Crippen LogP contribution in [0.4, 0.5) is 5.69 Å². The molecule has 0 bridgehead atoms. The average molecular weight is 274 g/mol. The summed E-state index contributed by atoms with van der Waals surface area (Å²) in [7, 11) is 3.47. The second-order valence-corrected chi connectivity index (χ2v) is 4.83. The molecule has 20 heavy (non-hydrogen) atoms. The lowest BCUT2D eigenvalue weighted by Gasteiger charge is -2.15. The van der Waals surface area contributed by atoms with Crippen LogP contribution in [0.2, 0.25) is 0 Å². The number of nitrogens with zero attached hydrogens (tertiary/aromatic N) is 3. The Morgan fingerprint density at radius 3 is 2.70 bits per heavy atom. The SMILES string of the molecule is Cc1ccc(NCc2noc(C)n2)c(C(=O)N(C)C)c1. The number of anilines is 1. The highest BCUT2D eigenvalue weighted by Gasteiger charge is 2.14. The summed E-state index contributed by atoms with van der Waals surface area (Å²) < 4.78 is 4.91. The predicted octanol–water partition coefficient (Wildman–Crippen LogP) is 2.00. The van der Waals surface area contributed by atoms with Gasteiger partial charge in [-0.05, 0) is 19.1 Å². The van der Waals surface area contributed by atoms with Crippen LogP contribution < -0.4 is 5.32 Å². The molecule has 2 rings (SSSR count). The Kier molecular flexibility index (Phi) is 4.02. The molecule has 0 fully saturated rings. The number of aryl methyl sites for hydroxylation is 2. The summed E-state index contributed by atoms with van der Waals surface area (Å²) in [4.78, 5) is 17.8. The van der Waals surface area contributed by atoms with Crippen LogP contribution in [0.15, 0.2) is 22.7 Å². The molecule has 1 aromatic heterocycles. The molecule has 0 aliphatic heterocycles. The van der Waals surface area contributed by atoms with Gasteiger partial charge >= 0.3 is 0 Å². The summed E-state index contributed by atoms with van der Waals surface area (Å²) in [5.41, 5.74) is 2.43. The lowest BCUT2D eigenvalue weighted by Crippen LogP contribution is -2.23. The smallest absolute Gasteiger partial charge is 0.255 e. The van der Waals surface area contributed by atoms with Crippen molar-refractivity contribution in [3.05, 3.63) is 41.0 Å². The van der Waals surface area contributed by atoms with Gasteiger partial charge in [-0.2, -0.15) is 4.98 Å². The van der Waals surface area contributed by atoms with Crippen LogP contribution >= 0.6 is 0 Å². The van der Waals surface area contributed by atoms with E-state index in [1.165, 1.54) is 0 Å². The molecule has 0 radical (unpaired) electrons. The fourth-order valence-electron chi connectivity index (χ4n) is 1.82. The standard InChI is InChI=1S/C14H18N4O2/c1-9-5-6-12(11(7-9)14(19)18(3)4)15-8-13-16-10(2)20-17-13/h5-7,15H,8H2,1-4H3. The highest BCUT2D eigenvalue weighted by atomic mass is 16.5. The third kappa shape index (κ3) is 3.14. The fraction of sp³-hybridized carbons (Fsp3) is 0.357. The van der Waals surface area contributed by atoms with Crippen molar-refractivity contribution >= 4 is 11.6 Å². The lowest BCUT2D eigenvalue weighted by molar-refractivity contribution is 0.0828. The van der Waals surface area contributed by atoms with Crippen LogP contribution in [0.5, 0.6) is 0 Å². The largest absolute Gasteiger partial charge is 0.377 e. The first-order valence-corrected chi connectivity index (χ1v) is 6.32. The molecule has 0 unspecified atom stereocenters. The summed E-state index contributed by atoms with van der Waals surface area (Å²) >= 11 is 0. The van der Waals surface area contributed by atoms with E-state index in [0.29, 0.717) is 23.8 Å². The van der Waals surface area contributed by atoms with Crippen molar-refractivity contribution in [3.63, 3.8) is 0 Å². The van der Waals surface area contributed by atoms with Crippen molar-refractivity contribution in [1.82, 2.24) is 15.0 Å². The zero-order chi connectivity index (χ0) is 14.7. The Hall–Kier alpha value is -2.37. The monoisotopic (exact) mass is 274 g/mol. The zero-order valence-electron chi connectivity index (χ0n) is 12.1. The molecule has 0 saturated heterocycles. The van der Waals surface area contributed by atoms with E-state index in [-0.39, 0.29) is 5.91 Å². The number of carbonyl (C=O) groups excluding carboxylic acids is 1. The van der Waals surface area contributed by atoms with Gasteiger partial charge in [0.25, 0.3) is 5.91 Å². The minimum absolute atomic E-state index is 0.0412. The molecule has 0 atom stereocenters.